The molecule has 4 aromatic rings. The molecule has 0 aliphatic carbocycles. The van der Waals surface area contributed by atoms with Crippen LogP contribution >= 0.6 is 11.6 Å². The Kier molecular flexibility index (Phi) is 4.80. The predicted molar refractivity (Wildman–Crippen MR) is 104 cm³/mol. The van der Waals surface area contributed by atoms with Crippen molar-refractivity contribution < 1.29 is 13.6 Å². The van der Waals surface area contributed by atoms with Gasteiger partial charge in [-0.1, -0.05) is 35.9 Å². The second kappa shape index (κ2) is 7.55. The van der Waals surface area contributed by atoms with Crippen LogP contribution in [0.25, 0.3) is 11.1 Å². The van der Waals surface area contributed by atoms with Crippen molar-refractivity contribution in [1.82, 2.24) is 4.98 Å². The van der Waals surface area contributed by atoms with Crippen LogP contribution in [0.2, 0.25) is 5.02 Å². The van der Waals surface area contributed by atoms with Crippen LogP contribution in [-0.4, -0.2) is 11.2 Å². The van der Waals surface area contributed by atoms with Crippen molar-refractivity contribution in [1.29, 1.82) is 0 Å². The number of hydrazone groups is 1. The summed E-state index contributed by atoms with van der Waals surface area (Å²) in [5, 5.41) is 4.74. The highest BCUT2D eigenvalue weighted by Crippen LogP contribution is 2.23. The lowest BCUT2D eigenvalue weighted by atomic mass is 10.1. The molecule has 0 unspecified atom stereocenters. The van der Waals surface area contributed by atoms with Crippen LogP contribution in [0, 0.1) is 6.92 Å². The normalized spacial score (nSPS) is 11.3. The molecule has 0 radical (unpaired) electrons. The molecule has 0 bridgehead atoms. The van der Waals surface area contributed by atoms with Crippen LogP contribution in [0.5, 0.6) is 5.95 Å². The van der Waals surface area contributed by atoms with E-state index in [0.29, 0.717) is 34.9 Å². The average molecular weight is 382 g/mol. The quantitative estimate of drug-likeness (QED) is 0.357. The van der Waals surface area contributed by atoms with E-state index in [-0.39, 0.29) is 0 Å². The van der Waals surface area contributed by atoms with Gasteiger partial charge >= 0.3 is 6.01 Å². The summed E-state index contributed by atoms with van der Waals surface area (Å²) in [6.07, 6.45) is 1.52. The number of anilines is 1. The number of nitrogens with one attached hydrogen (secondary N) is 1. The van der Waals surface area contributed by atoms with E-state index < -0.39 is 0 Å². The molecule has 136 valence electrons. The molecular weight excluding hydrogens is 366 g/mol. The summed E-state index contributed by atoms with van der Waals surface area (Å²) < 4.78 is 16.8. The van der Waals surface area contributed by atoms with Crippen LogP contribution in [-0.2, 0) is 6.61 Å². The fourth-order valence-electron chi connectivity index (χ4n) is 2.55. The lowest BCUT2D eigenvalue weighted by Gasteiger charge is -2.08. The van der Waals surface area contributed by atoms with Gasteiger partial charge in [-0.15, -0.1) is 0 Å². The Bertz CT molecular complexity index is 1050. The maximum absolute atomic E-state index is 6.20. The largest absolute Gasteiger partial charge is 0.460 e. The fourth-order valence-corrected chi connectivity index (χ4v) is 2.82. The van der Waals surface area contributed by atoms with Crippen LogP contribution < -0.4 is 10.2 Å². The van der Waals surface area contributed by atoms with E-state index in [1.54, 1.807) is 12.1 Å². The molecule has 0 amide bonds. The number of para-hydroxylation sites is 2. The first kappa shape index (κ1) is 17.2. The van der Waals surface area contributed by atoms with Crippen molar-refractivity contribution >= 4 is 34.9 Å². The Balaban J connectivity index is 1.37. The number of fused-ring (bicyclic) bond motifs is 1. The Morgan fingerprint density at radius 2 is 2.00 bits per heavy atom. The van der Waals surface area contributed by atoms with E-state index in [9.17, 15) is 0 Å². The number of furan rings is 1. The van der Waals surface area contributed by atoms with Gasteiger partial charge in [0.05, 0.1) is 6.21 Å². The van der Waals surface area contributed by atoms with Gasteiger partial charge in [-0.3, -0.25) is 0 Å². The van der Waals surface area contributed by atoms with Crippen molar-refractivity contribution in [2.24, 2.45) is 5.10 Å². The van der Waals surface area contributed by atoms with E-state index in [4.69, 9.17) is 25.2 Å². The molecule has 0 saturated heterocycles. The first-order chi connectivity index (χ1) is 13.2. The molecular formula is C20H16ClN3O3. The lowest BCUT2D eigenvalue weighted by molar-refractivity contribution is 0.231. The molecule has 4 rings (SSSR count). The molecule has 0 fully saturated rings. The zero-order valence-corrected chi connectivity index (χ0v) is 15.2. The summed E-state index contributed by atoms with van der Waals surface area (Å²) in [7, 11) is 0. The number of halogens is 1. The zero-order chi connectivity index (χ0) is 18.6. The molecule has 2 heterocycles. The van der Waals surface area contributed by atoms with Crippen LogP contribution in [0.15, 0.2) is 68.5 Å². The molecule has 2 aromatic carbocycles. The molecule has 0 aliphatic rings. The summed E-state index contributed by atoms with van der Waals surface area (Å²) >= 11 is 6.20. The first-order valence-electron chi connectivity index (χ1n) is 8.30. The van der Waals surface area contributed by atoms with Gasteiger partial charge in [0.1, 0.15) is 12.1 Å². The van der Waals surface area contributed by atoms with E-state index in [1.807, 2.05) is 49.4 Å². The van der Waals surface area contributed by atoms with Crippen molar-refractivity contribution in [3.05, 3.63) is 76.5 Å². The fraction of sp³-hybridized carbons (Fsp3) is 0.100. The van der Waals surface area contributed by atoms with Crippen LogP contribution in [0.1, 0.15) is 16.9 Å². The van der Waals surface area contributed by atoms with Crippen molar-refractivity contribution in [3.8, 4) is 5.95 Å². The Hall–Kier alpha value is -3.25. The summed E-state index contributed by atoms with van der Waals surface area (Å²) in [5.41, 5.74) is 6.20. The van der Waals surface area contributed by atoms with Crippen molar-refractivity contribution in [3.63, 3.8) is 0 Å². The monoisotopic (exact) mass is 381 g/mol. The third kappa shape index (κ3) is 3.96. The first-order valence-corrected chi connectivity index (χ1v) is 8.68. The Morgan fingerprint density at radius 3 is 2.85 bits per heavy atom. The van der Waals surface area contributed by atoms with Gasteiger partial charge < -0.3 is 13.6 Å². The molecule has 2 aromatic heterocycles. The summed E-state index contributed by atoms with van der Waals surface area (Å²) in [6, 6.07) is 17.0. The third-order valence-electron chi connectivity index (χ3n) is 3.96. The highest BCUT2D eigenvalue weighted by molar-refractivity contribution is 6.31. The molecule has 0 aliphatic heterocycles. The van der Waals surface area contributed by atoms with E-state index in [0.717, 1.165) is 16.6 Å². The maximum Gasteiger partial charge on any atom is 0.316 e. The lowest BCUT2D eigenvalue weighted by Crippen LogP contribution is -1.98. The molecule has 7 heteroatoms. The Morgan fingerprint density at radius 1 is 1.11 bits per heavy atom. The number of rotatable bonds is 6. The van der Waals surface area contributed by atoms with E-state index in [1.165, 1.54) is 6.21 Å². The van der Waals surface area contributed by atoms with Gasteiger partial charge in [-0.2, -0.15) is 10.1 Å². The Labute approximate surface area is 160 Å². The standard InChI is InChI=1S/C20H16ClN3O3/c1-13-5-4-6-16(21)15(13)12-25-19-10-9-14(26-19)11-22-24-20-23-17-7-2-3-8-18(17)27-20/h2-11H,12H2,1H3,(H,23,24)/b22-11+. The maximum atomic E-state index is 6.20. The van der Waals surface area contributed by atoms with E-state index in [2.05, 4.69) is 15.5 Å². The topological polar surface area (TPSA) is 72.8 Å². The number of aromatic nitrogens is 1. The van der Waals surface area contributed by atoms with Crippen LogP contribution in [0.3, 0.4) is 0 Å². The number of hydrogen-bond donors (Lipinski definition) is 1. The van der Waals surface area contributed by atoms with Gasteiger partial charge in [0.2, 0.25) is 0 Å². The second-order valence-corrected chi connectivity index (χ2v) is 6.24. The SMILES string of the molecule is Cc1cccc(Cl)c1COc1ccc(/C=N/Nc2nc3ccccc3o2)o1. The number of ether oxygens (including phenoxy) is 1. The minimum atomic E-state index is 0.310. The molecule has 0 spiro atoms. The van der Waals surface area contributed by atoms with Gasteiger partial charge in [0.15, 0.2) is 11.3 Å². The highest BCUT2D eigenvalue weighted by Gasteiger charge is 2.07. The highest BCUT2D eigenvalue weighted by atomic mass is 35.5. The van der Waals surface area contributed by atoms with Crippen LogP contribution in [0.4, 0.5) is 6.01 Å². The van der Waals surface area contributed by atoms with Gasteiger partial charge in [-0.25, -0.2) is 5.43 Å². The molecule has 0 atom stereocenters. The zero-order valence-electron chi connectivity index (χ0n) is 14.5. The second-order valence-electron chi connectivity index (χ2n) is 5.84. The third-order valence-corrected chi connectivity index (χ3v) is 4.31. The van der Waals surface area contributed by atoms with Gasteiger partial charge in [0.25, 0.3) is 5.95 Å². The summed E-state index contributed by atoms with van der Waals surface area (Å²) in [5.74, 6) is 0.919. The summed E-state index contributed by atoms with van der Waals surface area (Å²) in [4.78, 5) is 4.27. The number of nitrogens with zero attached hydrogens (tertiary/aromatic N) is 2. The number of aryl methyl sites for hydroxylation is 1. The van der Waals surface area contributed by atoms with Gasteiger partial charge in [-0.05, 0) is 36.8 Å². The summed E-state index contributed by atoms with van der Waals surface area (Å²) in [6.45, 7) is 2.32. The molecule has 1 N–H and O–H groups in total. The number of hydrogen-bond acceptors (Lipinski definition) is 6. The molecule has 0 saturated carbocycles. The minimum absolute atomic E-state index is 0.310. The van der Waals surface area contributed by atoms with Crippen molar-refractivity contribution in [2.75, 3.05) is 5.43 Å². The smallest absolute Gasteiger partial charge is 0.316 e. The molecule has 6 nitrogen and oxygen atoms in total. The number of benzene rings is 2. The number of oxazole rings is 1. The molecule has 27 heavy (non-hydrogen) atoms. The van der Waals surface area contributed by atoms with Gasteiger partial charge in [0, 0.05) is 16.7 Å². The predicted octanol–water partition coefficient (Wildman–Crippen LogP) is 5.41. The van der Waals surface area contributed by atoms with Crippen molar-refractivity contribution in [2.45, 2.75) is 13.5 Å². The van der Waals surface area contributed by atoms with E-state index >= 15 is 0 Å². The average Bonchev–Trinajstić information content (AvgIpc) is 3.27. The minimum Gasteiger partial charge on any atom is -0.460 e.